The first-order valence-corrected chi connectivity index (χ1v) is 6.92. The molecule has 0 bridgehead atoms. The van der Waals surface area contributed by atoms with Gasteiger partial charge in [-0.25, -0.2) is 12.1 Å². The van der Waals surface area contributed by atoms with Gasteiger partial charge in [-0.1, -0.05) is 5.56 Å². The summed E-state index contributed by atoms with van der Waals surface area (Å²) in [6.07, 6.45) is 0. The number of rotatable bonds is 2. The predicted molar refractivity (Wildman–Crippen MR) is 83.3 cm³/mol. The van der Waals surface area contributed by atoms with Gasteiger partial charge in [0.15, 0.2) is 0 Å². The molecule has 0 N–H and O–H groups in total. The first-order chi connectivity index (χ1) is 9.21. The predicted octanol–water partition coefficient (Wildman–Crippen LogP) is 5.04. The Kier molecular flexibility index (Phi) is 8.53. The van der Waals surface area contributed by atoms with Crippen molar-refractivity contribution in [1.29, 1.82) is 0 Å². The van der Waals surface area contributed by atoms with E-state index in [4.69, 9.17) is 34.8 Å². The van der Waals surface area contributed by atoms with Crippen LogP contribution in [0.2, 0.25) is 0 Å². The number of halogens is 3. The standard InChI is InChI=1S/C8H6Cl3O.C7H7O.Fe/c1-5(12)6-2-3-7(4-6)8(9,10)11;1-6(8)7-4-2-3-5-7;/h2-4H,1H3;2-5H,1H3;/q-5;-1;. The number of carbonyl (C=O) groups excluding carboxylic acids is 2. The summed E-state index contributed by atoms with van der Waals surface area (Å²) in [5.41, 5.74) is 1.89. The molecule has 0 amide bonds. The third kappa shape index (κ3) is 6.81. The van der Waals surface area contributed by atoms with E-state index in [9.17, 15) is 9.59 Å². The van der Waals surface area contributed by atoms with Crippen LogP contribution in [0, 0.1) is 0 Å². The van der Waals surface area contributed by atoms with Crippen molar-refractivity contribution in [2.75, 3.05) is 0 Å². The summed E-state index contributed by atoms with van der Waals surface area (Å²) in [7, 11) is 0. The maximum Gasteiger partial charge on any atom is 0.105 e. The summed E-state index contributed by atoms with van der Waals surface area (Å²) in [6, 6.07) is 12.2. The summed E-state index contributed by atoms with van der Waals surface area (Å²) >= 11 is 16.8. The topological polar surface area (TPSA) is 34.1 Å². The minimum Gasteiger partial charge on any atom is -0.718 e. The number of alkyl halides is 3. The van der Waals surface area contributed by atoms with E-state index < -0.39 is 3.79 Å². The van der Waals surface area contributed by atoms with Crippen molar-refractivity contribution in [2.45, 2.75) is 17.6 Å². The van der Waals surface area contributed by atoms with Crippen LogP contribution >= 0.6 is 34.8 Å². The second kappa shape index (κ2) is 8.77. The number of carbonyl (C=O) groups is 2. The fraction of sp³-hybridized carbons (Fsp3) is 0.200. The Bertz CT molecular complexity index is 580. The molecule has 0 radical (unpaired) electrons. The van der Waals surface area contributed by atoms with Crippen molar-refractivity contribution in [3.05, 3.63) is 59.2 Å². The van der Waals surface area contributed by atoms with Gasteiger partial charge in [0.2, 0.25) is 0 Å². The summed E-state index contributed by atoms with van der Waals surface area (Å²) in [5, 5.41) is 0. The molecule has 0 atom stereocenters. The molecule has 0 saturated carbocycles. The quantitative estimate of drug-likeness (QED) is 0.313. The van der Waals surface area contributed by atoms with Gasteiger partial charge in [-0.2, -0.15) is 12.1 Å². The van der Waals surface area contributed by atoms with E-state index in [1.807, 2.05) is 24.3 Å². The Morgan fingerprint density at radius 1 is 1.00 bits per heavy atom. The van der Waals surface area contributed by atoms with Crippen molar-refractivity contribution in [1.82, 2.24) is 0 Å². The second-order valence-electron chi connectivity index (χ2n) is 4.17. The van der Waals surface area contributed by atoms with Gasteiger partial charge < -0.3 is 38.9 Å². The molecular weight excluding hydrogens is 374 g/mol. The number of hydrogen-bond acceptors (Lipinski definition) is 2. The molecule has 2 nitrogen and oxygen atoms in total. The number of Topliss-reactive ketones (excluding diaryl/α,β-unsaturated/α-hetero) is 2. The van der Waals surface area contributed by atoms with Gasteiger partial charge in [-0.15, -0.1) is 41.7 Å². The van der Waals surface area contributed by atoms with Gasteiger partial charge >= 0.3 is 0 Å². The Morgan fingerprint density at radius 2 is 1.52 bits per heavy atom. The average Bonchev–Trinajstić information content (AvgIpc) is 3.01. The van der Waals surface area contributed by atoms with Crippen molar-refractivity contribution in [2.24, 2.45) is 0 Å². The SMILES string of the molecule is CC(=O)[c-]1[cH-][cH-][c-](C(Cl)(Cl)Cl)[cH-]1.CC(=O)[c-]1cccc1.[Fe]. The molecule has 0 fully saturated rings. The van der Waals surface area contributed by atoms with Crippen LogP contribution in [0.1, 0.15) is 40.1 Å². The fourth-order valence-corrected chi connectivity index (χ4v) is 1.80. The number of ketones is 2. The van der Waals surface area contributed by atoms with Crippen LogP contribution in [0.15, 0.2) is 42.5 Å². The molecule has 2 aromatic carbocycles. The van der Waals surface area contributed by atoms with Crippen LogP contribution in [0.5, 0.6) is 0 Å². The zero-order valence-electron chi connectivity index (χ0n) is 11.3. The van der Waals surface area contributed by atoms with Gasteiger partial charge in [0, 0.05) is 17.1 Å². The van der Waals surface area contributed by atoms with Crippen LogP contribution in [0.4, 0.5) is 0 Å². The molecule has 0 aliphatic heterocycles. The molecule has 21 heavy (non-hydrogen) atoms. The molecular formula is C15H13Cl3FeO2-6. The summed E-state index contributed by atoms with van der Waals surface area (Å²) in [4.78, 5) is 21.4. The van der Waals surface area contributed by atoms with Crippen molar-refractivity contribution >= 4 is 46.4 Å². The molecule has 2 aromatic rings. The molecule has 0 aliphatic carbocycles. The Morgan fingerprint density at radius 3 is 1.76 bits per heavy atom. The minimum absolute atomic E-state index is 0. The van der Waals surface area contributed by atoms with Crippen LogP contribution in [-0.2, 0) is 20.9 Å². The average molecular weight is 387 g/mol. The van der Waals surface area contributed by atoms with Crippen molar-refractivity contribution < 1.29 is 26.7 Å². The van der Waals surface area contributed by atoms with E-state index in [0.29, 0.717) is 11.1 Å². The Labute approximate surface area is 149 Å². The minimum atomic E-state index is -1.44. The van der Waals surface area contributed by atoms with Crippen molar-refractivity contribution in [3.63, 3.8) is 0 Å². The molecule has 0 aliphatic rings. The summed E-state index contributed by atoms with van der Waals surface area (Å²) in [5.74, 6) is 0.102. The second-order valence-corrected chi connectivity index (χ2v) is 6.45. The Hall–Kier alpha value is -0.571. The van der Waals surface area contributed by atoms with Crippen LogP contribution in [0.25, 0.3) is 0 Å². The van der Waals surface area contributed by atoms with Crippen LogP contribution in [0.3, 0.4) is 0 Å². The fourth-order valence-electron chi connectivity index (χ4n) is 1.45. The Balaban J connectivity index is 0.000000390. The molecule has 120 valence electrons. The monoisotopic (exact) mass is 386 g/mol. The smallest absolute Gasteiger partial charge is 0.105 e. The zero-order valence-corrected chi connectivity index (χ0v) is 14.7. The molecule has 0 aromatic heterocycles. The molecule has 0 spiro atoms. The third-order valence-electron chi connectivity index (χ3n) is 2.56. The van der Waals surface area contributed by atoms with E-state index in [1.54, 1.807) is 25.1 Å². The van der Waals surface area contributed by atoms with Gasteiger partial charge in [-0.05, 0) is 6.92 Å². The molecule has 0 heterocycles. The van der Waals surface area contributed by atoms with E-state index in [0.717, 1.165) is 5.56 Å². The first-order valence-electron chi connectivity index (χ1n) is 5.79. The maximum atomic E-state index is 10.9. The van der Waals surface area contributed by atoms with E-state index >= 15 is 0 Å². The summed E-state index contributed by atoms with van der Waals surface area (Å²) < 4.78 is -1.44. The summed E-state index contributed by atoms with van der Waals surface area (Å²) in [6.45, 7) is 3.03. The van der Waals surface area contributed by atoms with E-state index in [1.165, 1.54) is 6.92 Å². The van der Waals surface area contributed by atoms with Gasteiger partial charge in [0.25, 0.3) is 0 Å². The molecule has 2 rings (SSSR count). The van der Waals surface area contributed by atoms with Crippen LogP contribution < -0.4 is 0 Å². The van der Waals surface area contributed by atoms with Gasteiger partial charge in [0.1, 0.15) is 5.78 Å². The third-order valence-corrected chi connectivity index (χ3v) is 3.21. The van der Waals surface area contributed by atoms with E-state index in [-0.39, 0.29) is 28.6 Å². The van der Waals surface area contributed by atoms with Gasteiger partial charge in [-0.3, -0.25) is 5.78 Å². The normalized spacial score (nSPS) is 10.1. The number of hydrogen-bond donors (Lipinski definition) is 0. The first kappa shape index (κ1) is 20.4. The van der Waals surface area contributed by atoms with E-state index in [2.05, 4.69) is 0 Å². The largest absolute Gasteiger partial charge is 0.718 e. The van der Waals surface area contributed by atoms with Crippen molar-refractivity contribution in [3.8, 4) is 0 Å². The maximum absolute atomic E-state index is 10.9. The molecule has 0 unspecified atom stereocenters. The molecule has 6 heteroatoms. The molecule has 0 saturated heterocycles. The zero-order chi connectivity index (χ0) is 15.3. The van der Waals surface area contributed by atoms with Crippen LogP contribution in [-0.4, -0.2) is 11.6 Å². The van der Waals surface area contributed by atoms with Gasteiger partial charge in [0.05, 0.1) is 3.79 Å².